The zero-order valence-electron chi connectivity index (χ0n) is 5.07. The van der Waals surface area contributed by atoms with Crippen LogP contribution in [-0.4, -0.2) is 5.78 Å². The van der Waals surface area contributed by atoms with Crippen molar-refractivity contribution >= 4 is 5.78 Å². The highest BCUT2D eigenvalue weighted by Crippen LogP contribution is 1.97. The van der Waals surface area contributed by atoms with E-state index in [4.69, 9.17) is 0 Å². The van der Waals surface area contributed by atoms with Crippen LogP contribution in [0.4, 0.5) is 4.39 Å². The number of hydrogen-bond acceptors (Lipinski definition) is 1. The topological polar surface area (TPSA) is 17.1 Å². The molecule has 2 heteroatoms. The van der Waals surface area contributed by atoms with Crippen molar-refractivity contribution in [1.29, 1.82) is 0 Å². The van der Waals surface area contributed by atoms with Crippen molar-refractivity contribution in [3.05, 3.63) is 11.9 Å². The third kappa shape index (κ3) is 2.50. The van der Waals surface area contributed by atoms with E-state index in [1.165, 1.54) is 13.0 Å². The van der Waals surface area contributed by atoms with Crippen LogP contribution in [-0.2, 0) is 4.79 Å². The van der Waals surface area contributed by atoms with Gasteiger partial charge in [0.05, 0.1) is 0 Å². The van der Waals surface area contributed by atoms with Crippen LogP contribution in [0.2, 0.25) is 0 Å². The second-order valence-corrected chi connectivity index (χ2v) is 1.52. The largest absolute Gasteiger partial charge is 0.292 e. The number of halogens is 1. The summed E-state index contributed by atoms with van der Waals surface area (Å²) >= 11 is 0. The first-order chi connectivity index (χ1) is 3.68. The fourth-order valence-corrected chi connectivity index (χ4v) is 0.323. The molecule has 0 saturated heterocycles. The van der Waals surface area contributed by atoms with Gasteiger partial charge in [-0.05, 0) is 12.5 Å². The Morgan fingerprint density at radius 2 is 2.25 bits per heavy atom. The van der Waals surface area contributed by atoms with E-state index in [2.05, 4.69) is 0 Å². The highest BCUT2D eigenvalue weighted by Gasteiger charge is 1.96. The van der Waals surface area contributed by atoms with Gasteiger partial charge in [-0.15, -0.1) is 0 Å². The molecule has 8 heavy (non-hydrogen) atoms. The van der Waals surface area contributed by atoms with E-state index in [9.17, 15) is 9.18 Å². The lowest BCUT2D eigenvalue weighted by Gasteiger charge is -1.83. The van der Waals surface area contributed by atoms with E-state index < -0.39 is 11.6 Å². The molecule has 0 aliphatic heterocycles. The van der Waals surface area contributed by atoms with Gasteiger partial charge in [0.1, 0.15) is 0 Å². The Morgan fingerprint density at radius 1 is 1.75 bits per heavy atom. The van der Waals surface area contributed by atoms with E-state index in [-0.39, 0.29) is 0 Å². The average Bonchev–Trinajstić information content (AvgIpc) is 1.67. The van der Waals surface area contributed by atoms with Crippen molar-refractivity contribution in [3.8, 4) is 0 Å². The molecule has 0 aromatic heterocycles. The minimum absolute atomic E-state index is 0.494. The SMILES string of the molecule is CCC=C(F)C(C)=O. The summed E-state index contributed by atoms with van der Waals surface area (Å²) < 4.78 is 12.0. The van der Waals surface area contributed by atoms with Crippen LogP contribution in [0.5, 0.6) is 0 Å². The van der Waals surface area contributed by atoms with Crippen molar-refractivity contribution in [3.63, 3.8) is 0 Å². The van der Waals surface area contributed by atoms with E-state index in [1.807, 2.05) is 0 Å². The monoisotopic (exact) mass is 116 g/mol. The Bertz CT molecular complexity index is 116. The summed E-state index contributed by atoms with van der Waals surface area (Å²) in [6, 6.07) is 0. The normalized spacial score (nSPS) is 11.6. The molecule has 0 aromatic rings. The van der Waals surface area contributed by atoms with Crippen molar-refractivity contribution in [2.24, 2.45) is 0 Å². The predicted molar refractivity (Wildman–Crippen MR) is 30.2 cm³/mol. The van der Waals surface area contributed by atoms with Gasteiger partial charge >= 0.3 is 0 Å². The third-order valence-electron chi connectivity index (χ3n) is 0.720. The first-order valence-electron chi connectivity index (χ1n) is 2.55. The number of ketones is 1. The molecule has 0 aliphatic rings. The maximum Gasteiger partial charge on any atom is 0.187 e. The molecule has 0 N–H and O–H groups in total. The lowest BCUT2D eigenvalue weighted by Crippen LogP contribution is -1.87. The zero-order chi connectivity index (χ0) is 6.57. The first kappa shape index (κ1) is 7.34. The first-order valence-corrected chi connectivity index (χ1v) is 2.55. The van der Waals surface area contributed by atoms with Crippen LogP contribution in [0.3, 0.4) is 0 Å². The quantitative estimate of drug-likeness (QED) is 0.503. The molecule has 0 heterocycles. The molecule has 46 valence electrons. The minimum Gasteiger partial charge on any atom is -0.292 e. The molecule has 0 spiro atoms. The Hall–Kier alpha value is -0.660. The van der Waals surface area contributed by atoms with Gasteiger partial charge in [-0.25, -0.2) is 4.39 Å². The van der Waals surface area contributed by atoms with Gasteiger partial charge < -0.3 is 0 Å². The van der Waals surface area contributed by atoms with Gasteiger partial charge in [0, 0.05) is 6.92 Å². The molecule has 0 saturated carbocycles. The van der Waals surface area contributed by atoms with Crippen molar-refractivity contribution in [1.82, 2.24) is 0 Å². The number of carbonyl (C=O) groups is 1. The molecule has 1 nitrogen and oxygen atoms in total. The summed E-state index contributed by atoms with van der Waals surface area (Å²) in [5, 5.41) is 0. The summed E-state index contributed by atoms with van der Waals surface area (Å²) in [6.45, 7) is 2.99. The Kier molecular flexibility index (Phi) is 3.08. The minimum atomic E-state index is -0.632. The standard InChI is InChI=1S/C6H9FO/c1-3-4-6(7)5(2)8/h4H,3H2,1-2H3. The fraction of sp³-hybridized carbons (Fsp3) is 0.500. The van der Waals surface area contributed by atoms with E-state index in [1.54, 1.807) is 6.92 Å². The van der Waals surface area contributed by atoms with Crippen LogP contribution in [0.1, 0.15) is 20.3 Å². The molecule has 0 atom stereocenters. The van der Waals surface area contributed by atoms with Crippen LogP contribution in [0.25, 0.3) is 0 Å². The highest BCUT2D eigenvalue weighted by molar-refractivity contribution is 5.90. The molecule has 0 amide bonds. The highest BCUT2D eigenvalue weighted by atomic mass is 19.1. The van der Waals surface area contributed by atoms with Crippen LogP contribution >= 0.6 is 0 Å². The van der Waals surface area contributed by atoms with Crippen LogP contribution < -0.4 is 0 Å². The fourth-order valence-electron chi connectivity index (χ4n) is 0.323. The Labute approximate surface area is 48.2 Å². The van der Waals surface area contributed by atoms with E-state index in [0.717, 1.165) is 0 Å². The maximum atomic E-state index is 12.0. The smallest absolute Gasteiger partial charge is 0.187 e. The number of rotatable bonds is 2. The maximum absolute atomic E-state index is 12.0. The van der Waals surface area contributed by atoms with E-state index >= 15 is 0 Å². The second kappa shape index (κ2) is 3.36. The zero-order valence-corrected chi connectivity index (χ0v) is 5.07. The molecule has 0 fully saturated rings. The average molecular weight is 116 g/mol. The van der Waals surface area contributed by atoms with Gasteiger partial charge in [0.25, 0.3) is 0 Å². The third-order valence-corrected chi connectivity index (χ3v) is 0.720. The van der Waals surface area contributed by atoms with E-state index in [0.29, 0.717) is 6.42 Å². The molecule has 0 aliphatic carbocycles. The molecular weight excluding hydrogens is 107 g/mol. The molecule has 0 bridgehead atoms. The van der Waals surface area contributed by atoms with Crippen LogP contribution in [0.15, 0.2) is 11.9 Å². The molecule has 0 aromatic carbocycles. The summed E-state index contributed by atoms with van der Waals surface area (Å²) in [5.41, 5.74) is 0. The molecular formula is C6H9FO. The predicted octanol–water partition coefficient (Wildman–Crippen LogP) is 1.84. The lowest BCUT2D eigenvalue weighted by atomic mass is 10.3. The van der Waals surface area contributed by atoms with Gasteiger partial charge in [-0.3, -0.25) is 4.79 Å². The number of carbonyl (C=O) groups excluding carboxylic acids is 1. The van der Waals surface area contributed by atoms with Gasteiger partial charge in [0.15, 0.2) is 11.6 Å². The summed E-state index contributed by atoms with van der Waals surface area (Å²) in [7, 11) is 0. The van der Waals surface area contributed by atoms with Crippen molar-refractivity contribution < 1.29 is 9.18 Å². The summed E-state index contributed by atoms with van der Waals surface area (Å²) in [6.07, 6.45) is 1.84. The van der Waals surface area contributed by atoms with Crippen LogP contribution in [0, 0.1) is 0 Å². The summed E-state index contributed by atoms with van der Waals surface area (Å²) in [5.74, 6) is -1.13. The van der Waals surface area contributed by atoms with Gasteiger partial charge in [-0.2, -0.15) is 0 Å². The number of allylic oxidation sites excluding steroid dienone is 2. The second-order valence-electron chi connectivity index (χ2n) is 1.52. The number of Topliss-reactive ketones (excluding diaryl/α,β-unsaturated/α-hetero) is 1. The number of hydrogen-bond donors (Lipinski definition) is 0. The van der Waals surface area contributed by atoms with Gasteiger partial charge in [0.2, 0.25) is 0 Å². The summed E-state index contributed by atoms with van der Waals surface area (Å²) in [4.78, 5) is 10.1. The Balaban J connectivity index is 3.80. The van der Waals surface area contributed by atoms with Gasteiger partial charge in [-0.1, -0.05) is 6.92 Å². The molecule has 0 rings (SSSR count). The lowest BCUT2D eigenvalue weighted by molar-refractivity contribution is -0.114. The van der Waals surface area contributed by atoms with Crippen molar-refractivity contribution in [2.75, 3.05) is 0 Å². The molecule has 0 radical (unpaired) electrons. The molecule has 0 unspecified atom stereocenters. The van der Waals surface area contributed by atoms with Crippen molar-refractivity contribution in [2.45, 2.75) is 20.3 Å². The Morgan fingerprint density at radius 3 is 2.38 bits per heavy atom.